The monoisotopic (exact) mass is 411 g/mol. The van der Waals surface area contributed by atoms with Crippen molar-refractivity contribution in [2.45, 2.75) is 18.4 Å². The average molecular weight is 411 g/mol. The standard InChI is InChI=1S/C21H21N3O4S/c1-16-5-11-20(12-6-16)29(26,27)24(2)15-17-7-9-18(10-8-17)21(25)23-22-14-19-4-3-13-28-19/h3-14H,15H2,1-2H3,(H,23,25)/b22-14-. The number of hydrogen-bond acceptors (Lipinski definition) is 5. The molecule has 0 aliphatic carbocycles. The average Bonchev–Trinajstić information content (AvgIpc) is 3.22. The number of nitrogens with one attached hydrogen (secondary N) is 1. The van der Waals surface area contributed by atoms with Crippen LogP contribution in [-0.2, 0) is 16.6 Å². The molecule has 0 aliphatic heterocycles. The molecule has 1 N–H and O–H groups in total. The Bertz CT molecular complexity index is 1090. The number of sulfonamides is 1. The zero-order valence-corrected chi connectivity index (χ0v) is 16.9. The van der Waals surface area contributed by atoms with Crippen molar-refractivity contribution in [1.82, 2.24) is 9.73 Å². The third kappa shape index (κ3) is 5.18. The van der Waals surface area contributed by atoms with Gasteiger partial charge in [-0.15, -0.1) is 0 Å². The summed E-state index contributed by atoms with van der Waals surface area (Å²) in [5.41, 5.74) is 4.58. The summed E-state index contributed by atoms with van der Waals surface area (Å²) in [5, 5.41) is 3.83. The molecule has 0 spiro atoms. The molecule has 1 aromatic heterocycles. The van der Waals surface area contributed by atoms with Gasteiger partial charge >= 0.3 is 0 Å². The van der Waals surface area contributed by atoms with Gasteiger partial charge in [-0.2, -0.15) is 9.41 Å². The van der Waals surface area contributed by atoms with Crippen molar-refractivity contribution < 1.29 is 17.6 Å². The highest BCUT2D eigenvalue weighted by Crippen LogP contribution is 2.17. The molecule has 0 bridgehead atoms. The summed E-state index contributed by atoms with van der Waals surface area (Å²) in [7, 11) is -2.06. The van der Waals surface area contributed by atoms with E-state index in [0.29, 0.717) is 11.3 Å². The third-order valence-corrected chi connectivity index (χ3v) is 6.07. The van der Waals surface area contributed by atoms with E-state index in [0.717, 1.165) is 11.1 Å². The highest BCUT2D eigenvalue weighted by atomic mass is 32.2. The number of hydrogen-bond donors (Lipinski definition) is 1. The van der Waals surface area contributed by atoms with Crippen molar-refractivity contribution in [3.8, 4) is 0 Å². The lowest BCUT2D eigenvalue weighted by Gasteiger charge is -2.17. The van der Waals surface area contributed by atoms with Crippen LogP contribution in [0.4, 0.5) is 0 Å². The SMILES string of the molecule is Cc1ccc(S(=O)(=O)N(C)Cc2ccc(C(=O)N/N=C\c3ccco3)cc2)cc1. The van der Waals surface area contributed by atoms with Gasteiger partial charge in [-0.05, 0) is 48.9 Å². The molecular formula is C21H21N3O4S. The van der Waals surface area contributed by atoms with Crippen LogP contribution in [0.15, 0.2) is 81.3 Å². The van der Waals surface area contributed by atoms with E-state index in [1.807, 2.05) is 6.92 Å². The van der Waals surface area contributed by atoms with Gasteiger partial charge in [0.25, 0.3) is 5.91 Å². The maximum absolute atomic E-state index is 12.7. The first-order chi connectivity index (χ1) is 13.9. The number of hydrazone groups is 1. The minimum atomic E-state index is -3.59. The molecule has 3 aromatic rings. The lowest BCUT2D eigenvalue weighted by atomic mass is 10.1. The fraction of sp³-hybridized carbons (Fsp3) is 0.143. The molecule has 0 fully saturated rings. The van der Waals surface area contributed by atoms with E-state index in [4.69, 9.17) is 4.42 Å². The number of amides is 1. The lowest BCUT2D eigenvalue weighted by molar-refractivity contribution is 0.0955. The number of benzene rings is 2. The van der Waals surface area contributed by atoms with Crippen molar-refractivity contribution in [1.29, 1.82) is 0 Å². The summed E-state index contributed by atoms with van der Waals surface area (Å²) >= 11 is 0. The minimum Gasteiger partial charge on any atom is -0.463 e. The number of rotatable bonds is 7. The Morgan fingerprint density at radius 2 is 1.79 bits per heavy atom. The van der Waals surface area contributed by atoms with Gasteiger partial charge in [0, 0.05) is 19.2 Å². The van der Waals surface area contributed by atoms with Crippen LogP contribution in [0.1, 0.15) is 27.2 Å². The van der Waals surface area contributed by atoms with Crippen molar-refractivity contribution in [2.75, 3.05) is 7.05 Å². The van der Waals surface area contributed by atoms with Gasteiger partial charge in [-0.3, -0.25) is 4.79 Å². The van der Waals surface area contributed by atoms with Crippen molar-refractivity contribution in [3.05, 3.63) is 89.4 Å². The van der Waals surface area contributed by atoms with Gasteiger partial charge in [0.05, 0.1) is 17.4 Å². The van der Waals surface area contributed by atoms with Crippen LogP contribution in [0.3, 0.4) is 0 Å². The molecule has 2 aromatic carbocycles. The Morgan fingerprint density at radius 1 is 1.10 bits per heavy atom. The summed E-state index contributed by atoms with van der Waals surface area (Å²) in [6.45, 7) is 2.09. The smallest absolute Gasteiger partial charge is 0.271 e. The summed E-state index contributed by atoms with van der Waals surface area (Å²) in [6, 6.07) is 16.8. The lowest BCUT2D eigenvalue weighted by Crippen LogP contribution is -2.26. The van der Waals surface area contributed by atoms with E-state index in [2.05, 4.69) is 10.5 Å². The van der Waals surface area contributed by atoms with Crippen LogP contribution in [0.25, 0.3) is 0 Å². The van der Waals surface area contributed by atoms with Crippen LogP contribution < -0.4 is 5.43 Å². The van der Waals surface area contributed by atoms with E-state index in [1.165, 1.54) is 23.8 Å². The Balaban J connectivity index is 1.62. The number of aryl methyl sites for hydroxylation is 1. The molecule has 0 saturated heterocycles. The van der Waals surface area contributed by atoms with E-state index in [1.54, 1.807) is 60.7 Å². The number of furan rings is 1. The van der Waals surface area contributed by atoms with Crippen molar-refractivity contribution in [2.24, 2.45) is 5.10 Å². The minimum absolute atomic E-state index is 0.189. The third-order valence-electron chi connectivity index (χ3n) is 4.25. The topological polar surface area (TPSA) is 92.0 Å². The predicted molar refractivity (Wildman–Crippen MR) is 110 cm³/mol. The quantitative estimate of drug-likeness (QED) is 0.477. The van der Waals surface area contributed by atoms with Gasteiger partial charge in [-0.25, -0.2) is 13.8 Å². The molecule has 0 aliphatic rings. The zero-order valence-electron chi connectivity index (χ0n) is 16.1. The Kier molecular flexibility index (Phi) is 6.26. The number of nitrogens with zero attached hydrogens (tertiary/aromatic N) is 2. The van der Waals surface area contributed by atoms with E-state index < -0.39 is 10.0 Å². The Morgan fingerprint density at radius 3 is 2.41 bits per heavy atom. The van der Waals surface area contributed by atoms with Crippen molar-refractivity contribution >= 4 is 22.1 Å². The molecule has 150 valence electrons. The van der Waals surface area contributed by atoms with E-state index in [-0.39, 0.29) is 17.3 Å². The van der Waals surface area contributed by atoms with E-state index in [9.17, 15) is 13.2 Å². The summed E-state index contributed by atoms with van der Waals surface area (Å²) in [5.74, 6) is 0.151. The molecule has 1 heterocycles. The molecule has 3 rings (SSSR count). The molecule has 0 radical (unpaired) electrons. The first kappa shape index (κ1) is 20.5. The number of carbonyl (C=O) groups excluding carboxylic acids is 1. The predicted octanol–water partition coefficient (Wildman–Crippen LogP) is 3.17. The van der Waals surface area contributed by atoms with Crippen LogP contribution >= 0.6 is 0 Å². The second-order valence-electron chi connectivity index (χ2n) is 6.49. The van der Waals surface area contributed by atoms with Gasteiger partial charge in [0.2, 0.25) is 10.0 Å². The van der Waals surface area contributed by atoms with Crippen LogP contribution in [0.2, 0.25) is 0 Å². The fourth-order valence-electron chi connectivity index (χ4n) is 2.58. The molecular weight excluding hydrogens is 390 g/mol. The van der Waals surface area contributed by atoms with Crippen LogP contribution in [-0.4, -0.2) is 31.9 Å². The normalized spacial score (nSPS) is 11.8. The molecule has 0 atom stereocenters. The second-order valence-corrected chi connectivity index (χ2v) is 8.53. The molecule has 29 heavy (non-hydrogen) atoms. The highest BCUT2D eigenvalue weighted by molar-refractivity contribution is 7.89. The zero-order chi connectivity index (χ0) is 20.9. The Hall–Kier alpha value is -3.23. The molecule has 0 unspecified atom stereocenters. The largest absolute Gasteiger partial charge is 0.463 e. The summed E-state index contributed by atoms with van der Waals surface area (Å²) in [4.78, 5) is 12.4. The first-order valence-corrected chi connectivity index (χ1v) is 10.3. The maximum Gasteiger partial charge on any atom is 0.271 e. The molecule has 1 amide bonds. The maximum atomic E-state index is 12.7. The second kappa shape index (κ2) is 8.85. The molecule has 0 saturated carbocycles. The highest BCUT2D eigenvalue weighted by Gasteiger charge is 2.20. The molecule has 8 heteroatoms. The summed E-state index contributed by atoms with van der Waals surface area (Å²) < 4.78 is 31.7. The van der Waals surface area contributed by atoms with Crippen molar-refractivity contribution in [3.63, 3.8) is 0 Å². The number of carbonyl (C=O) groups is 1. The first-order valence-electron chi connectivity index (χ1n) is 8.85. The van der Waals surface area contributed by atoms with Crippen LogP contribution in [0, 0.1) is 6.92 Å². The fourth-order valence-corrected chi connectivity index (χ4v) is 3.74. The van der Waals surface area contributed by atoms with Crippen LogP contribution in [0.5, 0.6) is 0 Å². The van der Waals surface area contributed by atoms with Gasteiger partial charge in [0.15, 0.2) is 0 Å². The van der Waals surface area contributed by atoms with Gasteiger partial charge in [0.1, 0.15) is 5.76 Å². The molecule has 7 nitrogen and oxygen atoms in total. The van der Waals surface area contributed by atoms with Gasteiger partial charge < -0.3 is 4.42 Å². The Labute approximate surface area is 169 Å². The van der Waals surface area contributed by atoms with E-state index >= 15 is 0 Å². The van der Waals surface area contributed by atoms with Gasteiger partial charge in [-0.1, -0.05) is 29.8 Å². The summed E-state index contributed by atoms with van der Waals surface area (Å²) in [6.07, 6.45) is 2.91.